The lowest BCUT2D eigenvalue weighted by molar-refractivity contribution is -0.387. The van der Waals surface area contributed by atoms with Gasteiger partial charge in [0.15, 0.2) is 4.90 Å². The molecular weight excluding hydrogens is 392 g/mol. The first-order valence-electron chi connectivity index (χ1n) is 8.11. The van der Waals surface area contributed by atoms with E-state index in [2.05, 4.69) is 20.3 Å². The standard InChI is InChI=1S/C15H16N6O6S/c1-8-16-13(19-15(17-8)27-2)18-14(22)20-28(25,26)12-10-5-3-4-9(10)6-7-11(12)21(23)24/h6-7H,3-5H2,1-2H3,(H2,16,17,18,19,20,22). The number of ether oxygens (including phenoxy) is 1. The number of rotatable bonds is 5. The number of nitro benzene ring substituents is 1. The summed E-state index contributed by atoms with van der Waals surface area (Å²) in [6, 6.07) is 1.44. The van der Waals surface area contributed by atoms with Gasteiger partial charge in [-0.3, -0.25) is 15.4 Å². The topological polar surface area (TPSA) is 166 Å². The van der Waals surface area contributed by atoms with E-state index in [4.69, 9.17) is 4.74 Å². The van der Waals surface area contributed by atoms with Crippen LogP contribution in [-0.2, 0) is 22.9 Å². The average Bonchev–Trinajstić information content (AvgIpc) is 3.07. The van der Waals surface area contributed by atoms with Crippen LogP contribution in [0.2, 0.25) is 0 Å². The second kappa shape index (κ2) is 7.34. The molecule has 1 aromatic heterocycles. The van der Waals surface area contributed by atoms with Crippen LogP contribution in [0.15, 0.2) is 17.0 Å². The maximum Gasteiger partial charge on any atom is 0.335 e. The van der Waals surface area contributed by atoms with Gasteiger partial charge in [-0.15, -0.1) is 0 Å². The molecule has 0 aliphatic heterocycles. The number of carbonyl (C=O) groups is 1. The number of hydrogen-bond donors (Lipinski definition) is 2. The van der Waals surface area contributed by atoms with Crippen molar-refractivity contribution in [3.8, 4) is 6.01 Å². The number of fused-ring (bicyclic) bond motifs is 1. The molecule has 0 unspecified atom stereocenters. The van der Waals surface area contributed by atoms with E-state index in [0.29, 0.717) is 30.4 Å². The molecule has 0 radical (unpaired) electrons. The molecular formula is C15H16N6O6S. The fourth-order valence-electron chi connectivity index (χ4n) is 2.97. The van der Waals surface area contributed by atoms with Crippen LogP contribution in [0.25, 0.3) is 0 Å². The molecule has 13 heteroatoms. The van der Waals surface area contributed by atoms with Crippen LogP contribution < -0.4 is 14.8 Å². The molecule has 28 heavy (non-hydrogen) atoms. The summed E-state index contributed by atoms with van der Waals surface area (Å²) in [5.74, 6) is 0.00589. The highest BCUT2D eigenvalue weighted by molar-refractivity contribution is 7.90. The molecule has 0 spiro atoms. The number of nitro groups is 1. The van der Waals surface area contributed by atoms with E-state index in [-0.39, 0.29) is 17.8 Å². The Labute approximate surface area is 159 Å². The summed E-state index contributed by atoms with van der Waals surface area (Å²) in [6.45, 7) is 1.53. The number of sulfonamides is 1. The first-order chi connectivity index (χ1) is 13.2. The number of amides is 2. The Morgan fingerprint density at radius 1 is 1.25 bits per heavy atom. The van der Waals surface area contributed by atoms with E-state index in [9.17, 15) is 23.3 Å². The van der Waals surface area contributed by atoms with E-state index in [1.165, 1.54) is 14.0 Å². The molecule has 0 bridgehead atoms. The van der Waals surface area contributed by atoms with Crippen molar-refractivity contribution >= 4 is 27.7 Å². The van der Waals surface area contributed by atoms with Crippen LogP contribution in [-0.4, -0.2) is 41.4 Å². The van der Waals surface area contributed by atoms with Crippen LogP contribution in [0.3, 0.4) is 0 Å². The minimum absolute atomic E-state index is 0.0674. The SMILES string of the molecule is COc1nc(C)nc(NC(=O)NS(=O)(=O)c2c([N+](=O)[O-])ccc3c2CCC3)n1. The Hall–Kier alpha value is -3.35. The summed E-state index contributed by atoms with van der Waals surface area (Å²) in [5.41, 5.74) is 0.481. The van der Waals surface area contributed by atoms with E-state index in [1.807, 2.05) is 0 Å². The molecule has 0 fully saturated rings. The van der Waals surface area contributed by atoms with Crippen LogP contribution in [0.5, 0.6) is 6.01 Å². The minimum atomic E-state index is -4.51. The highest BCUT2D eigenvalue weighted by Gasteiger charge is 2.34. The Balaban J connectivity index is 1.91. The second-order valence-corrected chi connectivity index (χ2v) is 7.53. The number of aromatic nitrogens is 3. The first kappa shape index (κ1) is 19.4. The average molecular weight is 408 g/mol. The largest absolute Gasteiger partial charge is 0.467 e. The number of nitrogens with one attached hydrogen (secondary N) is 2. The summed E-state index contributed by atoms with van der Waals surface area (Å²) in [6.07, 6.45) is 1.67. The predicted molar refractivity (Wildman–Crippen MR) is 95.6 cm³/mol. The van der Waals surface area contributed by atoms with Gasteiger partial charge in [-0.05, 0) is 37.3 Å². The van der Waals surface area contributed by atoms with Gasteiger partial charge in [0.1, 0.15) is 5.82 Å². The molecule has 2 N–H and O–H groups in total. The zero-order valence-corrected chi connectivity index (χ0v) is 15.7. The number of urea groups is 1. The Morgan fingerprint density at radius 2 is 2.00 bits per heavy atom. The van der Waals surface area contributed by atoms with Crippen molar-refractivity contribution in [2.45, 2.75) is 31.1 Å². The van der Waals surface area contributed by atoms with Gasteiger partial charge in [-0.1, -0.05) is 6.07 Å². The van der Waals surface area contributed by atoms with Crippen molar-refractivity contribution in [3.63, 3.8) is 0 Å². The Kier molecular flexibility index (Phi) is 5.09. The van der Waals surface area contributed by atoms with Gasteiger partial charge in [-0.2, -0.15) is 15.0 Å². The summed E-state index contributed by atoms with van der Waals surface area (Å²) in [4.78, 5) is 33.7. The fourth-order valence-corrected chi connectivity index (χ4v) is 4.34. The van der Waals surface area contributed by atoms with Gasteiger partial charge in [0.2, 0.25) is 5.95 Å². The lowest BCUT2D eigenvalue weighted by atomic mass is 10.1. The molecule has 1 aliphatic rings. The molecule has 2 amide bonds. The van der Waals surface area contributed by atoms with Crippen molar-refractivity contribution in [2.24, 2.45) is 0 Å². The quantitative estimate of drug-likeness (QED) is 0.544. The maximum atomic E-state index is 12.8. The molecule has 148 valence electrons. The number of aryl methyl sites for hydroxylation is 2. The lowest BCUT2D eigenvalue weighted by Crippen LogP contribution is -2.35. The smallest absolute Gasteiger partial charge is 0.335 e. The molecule has 2 aromatic rings. The third kappa shape index (κ3) is 3.83. The molecule has 12 nitrogen and oxygen atoms in total. The fraction of sp³-hybridized carbons (Fsp3) is 0.333. The summed E-state index contributed by atoms with van der Waals surface area (Å²) >= 11 is 0. The van der Waals surface area contributed by atoms with E-state index in [0.717, 1.165) is 6.07 Å². The van der Waals surface area contributed by atoms with Crippen LogP contribution in [0, 0.1) is 17.0 Å². The number of methoxy groups -OCH3 is 1. The molecule has 3 rings (SSSR count). The number of benzene rings is 1. The molecule has 1 aliphatic carbocycles. The number of nitrogens with zero attached hydrogens (tertiary/aromatic N) is 4. The summed E-state index contributed by atoms with van der Waals surface area (Å²) in [5, 5.41) is 13.5. The monoisotopic (exact) mass is 408 g/mol. The third-order valence-electron chi connectivity index (χ3n) is 4.04. The maximum absolute atomic E-state index is 12.8. The van der Waals surface area contributed by atoms with Gasteiger partial charge in [0, 0.05) is 6.07 Å². The lowest BCUT2D eigenvalue weighted by Gasteiger charge is -2.12. The van der Waals surface area contributed by atoms with E-state index < -0.39 is 31.6 Å². The molecule has 0 saturated carbocycles. The van der Waals surface area contributed by atoms with Gasteiger partial charge >= 0.3 is 12.0 Å². The highest BCUT2D eigenvalue weighted by Crippen LogP contribution is 2.35. The molecule has 1 aromatic carbocycles. The molecule has 0 atom stereocenters. The first-order valence-corrected chi connectivity index (χ1v) is 9.59. The van der Waals surface area contributed by atoms with Crippen LogP contribution >= 0.6 is 0 Å². The Morgan fingerprint density at radius 3 is 2.68 bits per heavy atom. The van der Waals surface area contributed by atoms with Gasteiger partial charge in [-0.25, -0.2) is 17.9 Å². The van der Waals surface area contributed by atoms with Gasteiger partial charge in [0.25, 0.3) is 15.7 Å². The number of hydrogen-bond acceptors (Lipinski definition) is 9. The van der Waals surface area contributed by atoms with Gasteiger partial charge < -0.3 is 4.74 Å². The zero-order valence-electron chi connectivity index (χ0n) is 14.9. The predicted octanol–water partition coefficient (Wildman–Crippen LogP) is 1.10. The zero-order chi connectivity index (χ0) is 20.5. The van der Waals surface area contributed by atoms with Crippen LogP contribution in [0.1, 0.15) is 23.4 Å². The van der Waals surface area contributed by atoms with E-state index >= 15 is 0 Å². The number of carbonyl (C=O) groups excluding carboxylic acids is 1. The Bertz CT molecular complexity index is 1070. The number of anilines is 1. The normalized spacial score (nSPS) is 12.9. The third-order valence-corrected chi connectivity index (χ3v) is 5.48. The molecule has 1 heterocycles. The minimum Gasteiger partial charge on any atom is -0.467 e. The van der Waals surface area contributed by atoms with Crippen LogP contribution in [0.4, 0.5) is 16.4 Å². The molecule has 0 saturated heterocycles. The second-order valence-electron chi connectivity index (χ2n) is 5.91. The van der Waals surface area contributed by atoms with Crippen molar-refractivity contribution in [1.29, 1.82) is 0 Å². The van der Waals surface area contributed by atoms with Crippen molar-refractivity contribution in [3.05, 3.63) is 39.2 Å². The van der Waals surface area contributed by atoms with Gasteiger partial charge in [0.05, 0.1) is 12.0 Å². The highest BCUT2D eigenvalue weighted by atomic mass is 32.2. The van der Waals surface area contributed by atoms with Crippen molar-refractivity contribution in [1.82, 2.24) is 19.7 Å². The summed E-state index contributed by atoms with van der Waals surface area (Å²) < 4.78 is 32.1. The summed E-state index contributed by atoms with van der Waals surface area (Å²) in [7, 11) is -3.19. The van der Waals surface area contributed by atoms with E-state index in [1.54, 1.807) is 10.8 Å². The van der Waals surface area contributed by atoms with Crippen molar-refractivity contribution < 1.29 is 22.9 Å². The van der Waals surface area contributed by atoms with Crippen molar-refractivity contribution in [2.75, 3.05) is 12.4 Å².